The van der Waals surface area contributed by atoms with Gasteiger partial charge < -0.3 is 79.6 Å². The Morgan fingerprint density at radius 2 is 0.982 bits per heavy atom. The van der Waals surface area contributed by atoms with Crippen LogP contribution in [0, 0.1) is 42.5 Å². The first-order chi connectivity index (χ1) is 54.9. The molecule has 16 heterocycles. The number of piperazine rings is 4. The summed E-state index contributed by atoms with van der Waals surface area (Å²) in [6.07, 6.45) is 13.8. The Balaban J connectivity index is 0.000000148. The van der Waals surface area contributed by atoms with Gasteiger partial charge in [0.1, 0.15) is 81.9 Å². The van der Waals surface area contributed by atoms with E-state index < -0.39 is 11.9 Å². The minimum absolute atomic E-state index is 0.0370. The number of likely N-dealkylation sites (N-methyl/N-ethyl adjacent to an activating group) is 4. The molecule has 0 aliphatic carbocycles. The number of aromatic carboxylic acids is 1. The van der Waals surface area contributed by atoms with Gasteiger partial charge in [-0.2, -0.15) is 14.9 Å². The number of hydrogen-bond donors (Lipinski definition) is 5. The van der Waals surface area contributed by atoms with E-state index in [2.05, 4.69) is 157 Å². The Labute approximate surface area is 660 Å². The number of rotatable bonds is 13. The number of hydrogen-bond acceptors (Lipinski definition) is 29. The highest BCUT2D eigenvalue weighted by atomic mass is 19.1. The molecule has 4 aliphatic heterocycles. The Morgan fingerprint density at radius 1 is 0.535 bits per heavy atom. The van der Waals surface area contributed by atoms with Gasteiger partial charge in [0.2, 0.25) is 17.7 Å². The molecule has 4 atom stereocenters. The van der Waals surface area contributed by atoms with E-state index in [9.17, 15) is 19.1 Å². The fourth-order valence-corrected chi connectivity index (χ4v) is 12.9. The maximum Gasteiger partial charge on any atom is 0.358 e. The molecule has 4 fully saturated rings. The summed E-state index contributed by atoms with van der Waals surface area (Å²) in [5.41, 5.74) is 26.1. The molecular weight excluding hydrogens is 1450 g/mol. The summed E-state index contributed by atoms with van der Waals surface area (Å²) in [6.45, 7) is 25.8. The molecule has 12 aromatic rings. The normalized spacial score (nSPS) is 17.3. The zero-order valence-corrected chi connectivity index (χ0v) is 65.7. The highest BCUT2D eigenvalue weighted by Crippen LogP contribution is 2.33. The average molecular weight is 1550 g/mol. The van der Waals surface area contributed by atoms with E-state index in [-0.39, 0.29) is 58.4 Å². The first kappa shape index (κ1) is 82.3. The predicted molar refractivity (Wildman–Crippen MR) is 433 cm³/mol. The quantitative estimate of drug-likeness (QED) is 0.0533. The van der Waals surface area contributed by atoms with Gasteiger partial charge in [-0.05, 0) is 149 Å². The second-order valence-electron chi connectivity index (χ2n) is 28.3. The van der Waals surface area contributed by atoms with Gasteiger partial charge in [0.15, 0.2) is 34.5 Å². The number of carboxylic acids is 1. The Kier molecular flexibility index (Phi) is 27.8. The predicted octanol–water partition coefficient (Wildman–Crippen LogP) is 8.50. The van der Waals surface area contributed by atoms with Crippen LogP contribution in [-0.4, -0.2) is 236 Å². The van der Waals surface area contributed by atoms with Gasteiger partial charge in [-0.25, -0.2) is 64.6 Å². The number of nitrogen functional groups attached to an aromatic ring is 2. The van der Waals surface area contributed by atoms with Crippen molar-refractivity contribution < 1.29 is 27.9 Å². The van der Waals surface area contributed by atoms with E-state index in [1.807, 2.05) is 83.4 Å². The topological polar surface area (TPSA) is 404 Å². The molecular formula is C81H96FN27O5. The summed E-state index contributed by atoms with van der Waals surface area (Å²) in [4.78, 5) is 92.7. The number of fused-ring (bicyclic) bond motifs is 2. The van der Waals surface area contributed by atoms with Crippen LogP contribution in [0.4, 0.5) is 33.5 Å². The number of halogens is 1. The molecule has 4 saturated heterocycles. The first-order valence-corrected chi connectivity index (χ1v) is 37.5. The number of Topliss-reactive ketones (excluding diaryl/α,β-unsaturated/α-hetero) is 1. The fraction of sp³-hybridized carbons (Fsp3) is 0.358. The van der Waals surface area contributed by atoms with Crippen molar-refractivity contribution in [1.29, 1.82) is 10.5 Å². The molecule has 114 heavy (non-hydrogen) atoms. The highest BCUT2D eigenvalue weighted by molar-refractivity contribution is 5.99. The SMILES string of the molecule is C[C@@H]1CN(c2cccc(C#N)n2)CCN1C.C[C@@H]1CN(c2cccc(CN)n2)CCN1C.C[C@@H]1CNCCN1C.Cc1cnc2ccc(-c3nc(C(=O)CCc4cccc(N5CCN(C)[C@H](C)C5)n4)c(N)nc3-c3ncco3)cn12.Cc1cnc2ccc(-c3nc(C(=O)O)c(N)nc3-c3ncco3)cn12.N#Cc1cccc(F)n1. The van der Waals surface area contributed by atoms with Crippen molar-refractivity contribution in [3.05, 3.63) is 198 Å². The van der Waals surface area contributed by atoms with Crippen molar-refractivity contribution in [3.8, 4) is 57.8 Å². The van der Waals surface area contributed by atoms with Crippen molar-refractivity contribution in [2.75, 3.05) is 133 Å². The number of carbonyl (C=O) groups excluding carboxylic acids is 1. The number of imidazole rings is 2. The molecule has 592 valence electrons. The van der Waals surface area contributed by atoms with Crippen LogP contribution < -0.4 is 37.2 Å². The molecule has 0 amide bonds. The maximum atomic E-state index is 13.4. The van der Waals surface area contributed by atoms with Crippen LogP contribution >= 0.6 is 0 Å². The van der Waals surface area contributed by atoms with E-state index in [4.69, 9.17) is 46.5 Å². The lowest BCUT2D eigenvalue weighted by Crippen LogP contribution is -2.50. The van der Waals surface area contributed by atoms with Crippen molar-refractivity contribution in [1.82, 2.24) is 93.5 Å². The second kappa shape index (κ2) is 38.5. The van der Waals surface area contributed by atoms with Crippen molar-refractivity contribution in [3.63, 3.8) is 0 Å². The van der Waals surface area contributed by atoms with Crippen molar-refractivity contribution in [2.24, 2.45) is 5.73 Å². The number of pyridine rings is 6. The lowest BCUT2D eigenvalue weighted by Gasteiger charge is -2.38. The van der Waals surface area contributed by atoms with Crippen LogP contribution in [0.15, 0.2) is 156 Å². The molecule has 32 nitrogen and oxygen atoms in total. The Hall–Kier alpha value is -12.6. The van der Waals surface area contributed by atoms with Gasteiger partial charge in [0.25, 0.3) is 0 Å². The van der Waals surface area contributed by atoms with E-state index in [1.165, 1.54) is 49.7 Å². The van der Waals surface area contributed by atoms with Gasteiger partial charge in [-0.15, -0.1) is 0 Å². The Bertz CT molecular complexity index is 5310. The van der Waals surface area contributed by atoms with Gasteiger partial charge >= 0.3 is 5.97 Å². The van der Waals surface area contributed by atoms with Gasteiger partial charge in [0, 0.05) is 169 Å². The van der Waals surface area contributed by atoms with E-state index in [1.54, 1.807) is 42.9 Å². The van der Waals surface area contributed by atoms with Gasteiger partial charge in [-0.1, -0.05) is 24.3 Å². The third-order valence-electron chi connectivity index (χ3n) is 20.3. The zero-order chi connectivity index (χ0) is 81.1. The monoisotopic (exact) mass is 1550 g/mol. The lowest BCUT2D eigenvalue weighted by molar-refractivity contribution is 0.0691. The van der Waals surface area contributed by atoms with Crippen LogP contribution in [0.1, 0.15) is 89.3 Å². The first-order valence-electron chi connectivity index (χ1n) is 37.5. The van der Waals surface area contributed by atoms with E-state index >= 15 is 0 Å². The van der Waals surface area contributed by atoms with Crippen LogP contribution in [-0.2, 0) is 13.0 Å². The number of nitriles is 2. The number of carboxylic acid groups (broad SMARTS) is 1. The highest BCUT2D eigenvalue weighted by Gasteiger charge is 2.28. The molecule has 12 aromatic heterocycles. The molecule has 4 aliphatic rings. The minimum Gasteiger partial charge on any atom is -0.476 e. The maximum absolute atomic E-state index is 13.4. The minimum atomic E-state index is -1.26. The molecule has 33 heteroatoms. The number of nitrogens with two attached hydrogens (primary N) is 3. The van der Waals surface area contributed by atoms with E-state index in [0.29, 0.717) is 59.4 Å². The lowest BCUT2D eigenvalue weighted by atomic mass is 10.1. The van der Waals surface area contributed by atoms with Crippen LogP contribution in [0.3, 0.4) is 0 Å². The molecule has 0 bridgehead atoms. The summed E-state index contributed by atoms with van der Waals surface area (Å²) >= 11 is 0. The number of ketones is 1. The van der Waals surface area contributed by atoms with Crippen molar-refractivity contribution >= 4 is 52.1 Å². The molecule has 0 radical (unpaired) electrons. The molecule has 0 spiro atoms. The number of nitrogens with zero attached hydrogens (tertiary/aromatic N) is 23. The molecule has 0 unspecified atom stereocenters. The van der Waals surface area contributed by atoms with Crippen molar-refractivity contribution in [2.45, 2.75) is 85.1 Å². The fourth-order valence-electron chi connectivity index (χ4n) is 12.9. The summed E-state index contributed by atoms with van der Waals surface area (Å²) in [7, 11) is 8.63. The van der Waals surface area contributed by atoms with E-state index in [0.717, 1.165) is 135 Å². The third-order valence-corrected chi connectivity index (χ3v) is 20.3. The zero-order valence-electron chi connectivity index (χ0n) is 65.7. The standard InChI is InChI=1S/C29H31N9O2.C16H12N6O3.C12H20N4.C12H16N4.C6H3FN2.C6H14N2/c1-18-15-32-23-10-7-20(17-38(18)23)25-27(29-31-11-14-40-29)35-28(30)26(34-25)22(39)9-8-21-5-4-6-24(33-21)37-13-12-36(3)19(2)16-37;1-8-6-19-10-3-2-9(7-22(8)10)11-12(15-18-4-5-25-15)21-14(17)13(20-11)16(23)24;2*1-10-9-16(7-6-15(10)2)12-5-3-4-11(8-13)14-12;7-6-3-1-2-5(4-8)9-6;1-6-5-7-3-4-8(6)2/h4-7,10-11,14-15,17,19H,8-9,12-13,16H2,1-3H3,(H2,30,35);2-7H,1H3,(H2,17,21)(H,23,24);3-5,10H,6-9,13H2,1-2H3;3-5,10H,6-7,9H2,1-2H3;1-3H;6-7H,3-5H2,1-2H3/t19-;;2*10-;;6-/m1.11.1/s1. The number of carbonyl (C=O) groups is 2. The molecule has 8 N–H and O–H groups in total. The smallest absolute Gasteiger partial charge is 0.358 e. The van der Waals surface area contributed by atoms with Crippen LogP contribution in [0.2, 0.25) is 0 Å². The summed E-state index contributed by atoms with van der Waals surface area (Å²) < 4.78 is 26.7. The number of oxazole rings is 2. The molecule has 0 saturated carbocycles. The number of aromatic nitrogens is 14. The Morgan fingerprint density at radius 3 is 1.41 bits per heavy atom. The molecule has 0 aromatic carbocycles. The molecule has 16 rings (SSSR count). The van der Waals surface area contributed by atoms with Crippen LogP contribution in [0.5, 0.6) is 0 Å². The third kappa shape index (κ3) is 20.9. The van der Waals surface area contributed by atoms with Gasteiger partial charge in [-0.3, -0.25) is 4.79 Å². The van der Waals surface area contributed by atoms with Gasteiger partial charge in [0.05, 0.1) is 18.1 Å². The number of aryl methyl sites for hydroxylation is 3. The van der Waals surface area contributed by atoms with Crippen LogP contribution in [0.25, 0.3) is 57.0 Å². The number of anilines is 5. The number of nitrogens with one attached hydrogen (secondary N) is 1. The second-order valence-corrected chi connectivity index (χ2v) is 28.3. The summed E-state index contributed by atoms with van der Waals surface area (Å²) in [5, 5.41) is 29.6. The largest absolute Gasteiger partial charge is 0.476 e. The average Bonchev–Trinajstić information content (AvgIpc) is 1.31. The summed E-state index contributed by atoms with van der Waals surface area (Å²) in [5.74, 6) is 1.14. The summed E-state index contributed by atoms with van der Waals surface area (Å²) in [6, 6.07) is 35.2.